The van der Waals surface area contributed by atoms with E-state index in [0.29, 0.717) is 12.0 Å². The minimum atomic E-state index is -0.387. The normalized spacial score (nSPS) is 15.7. The van der Waals surface area contributed by atoms with Crippen molar-refractivity contribution in [1.82, 2.24) is 4.98 Å². The van der Waals surface area contributed by atoms with Crippen molar-refractivity contribution in [2.75, 3.05) is 11.4 Å². The SMILES string of the molecule is CC(C)CN(c1ccnc(F)c1)C1CC1. The first-order chi connectivity index (χ1) is 7.16. The van der Waals surface area contributed by atoms with Crippen LogP contribution in [0.25, 0.3) is 0 Å². The molecule has 2 nitrogen and oxygen atoms in total. The van der Waals surface area contributed by atoms with Gasteiger partial charge in [-0.2, -0.15) is 4.39 Å². The second-order valence-electron chi connectivity index (χ2n) is 4.61. The predicted molar refractivity (Wildman–Crippen MR) is 59.4 cm³/mol. The van der Waals surface area contributed by atoms with Gasteiger partial charge in [-0.05, 0) is 24.8 Å². The number of nitrogens with zero attached hydrogens (tertiary/aromatic N) is 2. The topological polar surface area (TPSA) is 16.1 Å². The van der Waals surface area contributed by atoms with E-state index in [1.807, 2.05) is 6.07 Å². The Kier molecular flexibility index (Phi) is 2.89. The second-order valence-corrected chi connectivity index (χ2v) is 4.61. The molecule has 1 heterocycles. The van der Waals surface area contributed by atoms with Crippen LogP contribution in [0.4, 0.5) is 10.1 Å². The van der Waals surface area contributed by atoms with Crippen LogP contribution in [0.15, 0.2) is 18.3 Å². The molecule has 1 aromatic heterocycles. The minimum absolute atomic E-state index is 0.387. The Balaban J connectivity index is 2.16. The number of halogens is 1. The van der Waals surface area contributed by atoms with Crippen molar-refractivity contribution in [3.63, 3.8) is 0 Å². The predicted octanol–water partition coefficient (Wildman–Crippen LogP) is 2.85. The van der Waals surface area contributed by atoms with Gasteiger partial charge in [-0.25, -0.2) is 4.98 Å². The Hall–Kier alpha value is -1.12. The van der Waals surface area contributed by atoms with Gasteiger partial charge >= 0.3 is 0 Å². The van der Waals surface area contributed by atoms with Crippen molar-refractivity contribution in [3.05, 3.63) is 24.3 Å². The van der Waals surface area contributed by atoms with Crippen LogP contribution in [-0.2, 0) is 0 Å². The highest BCUT2D eigenvalue weighted by Gasteiger charge is 2.29. The van der Waals surface area contributed by atoms with Crippen LogP contribution in [0, 0.1) is 11.9 Å². The number of aromatic nitrogens is 1. The molecule has 0 bridgehead atoms. The van der Waals surface area contributed by atoms with Crippen molar-refractivity contribution in [1.29, 1.82) is 0 Å². The lowest BCUT2D eigenvalue weighted by Crippen LogP contribution is -2.29. The molecule has 0 saturated heterocycles. The maximum atomic E-state index is 13.0. The molecule has 3 heteroatoms. The zero-order valence-corrected chi connectivity index (χ0v) is 9.28. The molecule has 1 aliphatic rings. The van der Waals surface area contributed by atoms with Gasteiger partial charge in [0.15, 0.2) is 0 Å². The summed E-state index contributed by atoms with van der Waals surface area (Å²) in [7, 11) is 0. The number of pyridine rings is 1. The van der Waals surface area contributed by atoms with Crippen LogP contribution in [-0.4, -0.2) is 17.6 Å². The van der Waals surface area contributed by atoms with Gasteiger partial charge in [0.05, 0.1) is 0 Å². The van der Waals surface area contributed by atoms with Gasteiger partial charge < -0.3 is 4.90 Å². The molecule has 0 N–H and O–H groups in total. The molecule has 82 valence electrons. The summed E-state index contributed by atoms with van der Waals surface area (Å²) in [5.74, 6) is 0.212. The van der Waals surface area contributed by atoms with E-state index >= 15 is 0 Å². The van der Waals surface area contributed by atoms with Crippen LogP contribution in [0.2, 0.25) is 0 Å². The number of hydrogen-bond acceptors (Lipinski definition) is 2. The van der Waals surface area contributed by atoms with E-state index in [-0.39, 0.29) is 5.95 Å². The molecular weight excluding hydrogens is 191 g/mol. The fourth-order valence-electron chi connectivity index (χ4n) is 1.82. The molecule has 2 rings (SSSR count). The van der Waals surface area contributed by atoms with Crippen molar-refractivity contribution in [2.45, 2.75) is 32.7 Å². The Morgan fingerprint density at radius 1 is 1.53 bits per heavy atom. The van der Waals surface area contributed by atoms with Crippen LogP contribution in [0.5, 0.6) is 0 Å². The van der Waals surface area contributed by atoms with Crippen molar-refractivity contribution in [2.24, 2.45) is 5.92 Å². The average Bonchev–Trinajstić information content (AvgIpc) is 2.97. The number of anilines is 1. The monoisotopic (exact) mass is 208 g/mol. The quantitative estimate of drug-likeness (QED) is 0.707. The summed E-state index contributed by atoms with van der Waals surface area (Å²) in [4.78, 5) is 5.89. The lowest BCUT2D eigenvalue weighted by Gasteiger charge is -2.26. The fourth-order valence-corrected chi connectivity index (χ4v) is 1.82. The van der Waals surface area contributed by atoms with Gasteiger partial charge in [-0.3, -0.25) is 0 Å². The van der Waals surface area contributed by atoms with E-state index in [1.165, 1.54) is 18.9 Å². The lowest BCUT2D eigenvalue weighted by molar-refractivity contribution is 0.576. The molecular formula is C12H17FN2. The maximum Gasteiger partial charge on any atom is 0.214 e. The summed E-state index contributed by atoms with van der Waals surface area (Å²) in [5, 5.41) is 0. The Morgan fingerprint density at radius 2 is 2.27 bits per heavy atom. The molecule has 0 radical (unpaired) electrons. The largest absolute Gasteiger partial charge is 0.368 e. The summed E-state index contributed by atoms with van der Waals surface area (Å²) in [5.41, 5.74) is 0.971. The van der Waals surface area contributed by atoms with Crippen molar-refractivity contribution >= 4 is 5.69 Å². The van der Waals surface area contributed by atoms with E-state index < -0.39 is 0 Å². The molecule has 1 aromatic rings. The zero-order valence-electron chi connectivity index (χ0n) is 9.28. The summed E-state index contributed by atoms with van der Waals surface area (Å²) in [6, 6.07) is 4.04. The summed E-state index contributed by atoms with van der Waals surface area (Å²) in [6.45, 7) is 5.37. The third-order valence-corrected chi connectivity index (χ3v) is 2.59. The molecule has 0 atom stereocenters. The van der Waals surface area contributed by atoms with E-state index in [2.05, 4.69) is 23.7 Å². The first-order valence-electron chi connectivity index (χ1n) is 5.55. The fraction of sp³-hybridized carbons (Fsp3) is 0.583. The van der Waals surface area contributed by atoms with Gasteiger partial charge in [0.25, 0.3) is 0 Å². The first kappa shape index (κ1) is 10.4. The van der Waals surface area contributed by atoms with Crippen LogP contribution < -0.4 is 4.90 Å². The Bertz CT molecular complexity index is 334. The Labute approximate surface area is 90.1 Å². The average molecular weight is 208 g/mol. The molecule has 0 amide bonds. The standard InChI is InChI=1S/C12H17FN2/c1-9(2)8-15(10-3-4-10)11-5-6-14-12(13)7-11/h5-7,9-10H,3-4,8H2,1-2H3. The molecule has 0 unspecified atom stereocenters. The maximum absolute atomic E-state index is 13.0. The van der Waals surface area contributed by atoms with Gasteiger partial charge in [0, 0.05) is 30.5 Å². The van der Waals surface area contributed by atoms with E-state index in [9.17, 15) is 4.39 Å². The van der Waals surface area contributed by atoms with Gasteiger partial charge in [0.1, 0.15) is 0 Å². The summed E-state index contributed by atoms with van der Waals surface area (Å²) < 4.78 is 13.0. The molecule has 0 aromatic carbocycles. The number of hydrogen-bond donors (Lipinski definition) is 0. The third-order valence-electron chi connectivity index (χ3n) is 2.59. The summed E-state index contributed by atoms with van der Waals surface area (Å²) in [6.07, 6.45) is 4.01. The molecule has 0 aliphatic heterocycles. The molecule has 15 heavy (non-hydrogen) atoms. The highest BCUT2D eigenvalue weighted by atomic mass is 19.1. The lowest BCUT2D eigenvalue weighted by atomic mass is 10.2. The van der Waals surface area contributed by atoms with Gasteiger partial charge in [-0.1, -0.05) is 13.8 Å². The number of rotatable bonds is 4. The second kappa shape index (κ2) is 4.17. The smallest absolute Gasteiger partial charge is 0.214 e. The van der Waals surface area contributed by atoms with Crippen LogP contribution >= 0.6 is 0 Å². The molecule has 1 saturated carbocycles. The molecule has 0 spiro atoms. The van der Waals surface area contributed by atoms with Crippen molar-refractivity contribution in [3.8, 4) is 0 Å². The van der Waals surface area contributed by atoms with Gasteiger partial charge in [0.2, 0.25) is 5.95 Å². The molecule has 1 fully saturated rings. The highest BCUT2D eigenvalue weighted by molar-refractivity contribution is 5.47. The van der Waals surface area contributed by atoms with Crippen LogP contribution in [0.1, 0.15) is 26.7 Å². The highest BCUT2D eigenvalue weighted by Crippen LogP contribution is 2.32. The van der Waals surface area contributed by atoms with E-state index in [0.717, 1.165) is 12.2 Å². The van der Waals surface area contributed by atoms with Crippen molar-refractivity contribution < 1.29 is 4.39 Å². The minimum Gasteiger partial charge on any atom is -0.368 e. The summed E-state index contributed by atoms with van der Waals surface area (Å²) >= 11 is 0. The Morgan fingerprint density at radius 3 is 2.80 bits per heavy atom. The van der Waals surface area contributed by atoms with Gasteiger partial charge in [-0.15, -0.1) is 0 Å². The van der Waals surface area contributed by atoms with E-state index in [1.54, 1.807) is 6.20 Å². The van der Waals surface area contributed by atoms with E-state index in [4.69, 9.17) is 0 Å². The third kappa shape index (κ3) is 2.67. The first-order valence-corrected chi connectivity index (χ1v) is 5.55. The van der Waals surface area contributed by atoms with Crippen LogP contribution in [0.3, 0.4) is 0 Å². The zero-order chi connectivity index (χ0) is 10.8. The molecule has 1 aliphatic carbocycles.